The summed E-state index contributed by atoms with van der Waals surface area (Å²) in [6, 6.07) is 15.0. The number of nitrogens with zero attached hydrogens (tertiary/aromatic N) is 3. The van der Waals surface area contributed by atoms with Gasteiger partial charge in [0.2, 0.25) is 5.91 Å². The van der Waals surface area contributed by atoms with Crippen LogP contribution in [0.2, 0.25) is 0 Å². The normalized spacial score (nSPS) is 13.7. The van der Waals surface area contributed by atoms with Crippen molar-refractivity contribution < 1.29 is 43.0 Å². The van der Waals surface area contributed by atoms with Crippen molar-refractivity contribution in [1.82, 2.24) is 30.4 Å². The number of carbonyl (C=O) groups excluding carboxylic acids is 6. The molecule has 3 unspecified atom stereocenters. The van der Waals surface area contributed by atoms with Gasteiger partial charge in [-0.15, -0.1) is 0 Å². The zero-order valence-electron chi connectivity index (χ0n) is 53.9. The second-order valence-electron chi connectivity index (χ2n) is 22.1. The highest BCUT2D eigenvalue weighted by atomic mass is 16.5. The van der Waals surface area contributed by atoms with Gasteiger partial charge in [-0.25, -0.2) is 9.59 Å². The van der Waals surface area contributed by atoms with Crippen LogP contribution in [-0.4, -0.2) is 116 Å². The van der Waals surface area contributed by atoms with E-state index in [9.17, 15) is 28.8 Å². The molecule has 4 aromatic rings. The lowest BCUT2D eigenvalue weighted by Crippen LogP contribution is -2.44. The molecule has 2 aromatic heterocycles. The fourth-order valence-corrected chi connectivity index (χ4v) is 9.60. The molecule has 15 nitrogen and oxygen atoms in total. The molecule has 3 atom stereocenters. The molecule has 3 N–H and O–H groups in total. The molecule has 3 amide bonds. The Kier molecular flexibility index (Phi) is 35.4. The number of pyridine rings is 1. The van der Waals surface area contributed by atoms with Crippen LogP contribution in [0.1, 0.15) is 185 Å². The summed E-state index contributed by atoms with van der Waals surface area (Å²) in [5.41, 5.74) is 6.60. The zero-order chi connectivity index (χ0) is 62.1. The number of rotatable bonds is 26. The minimum atomic E-state index is -0.731. The number of nitrogens with one attached hydrogen (secondary N) is 3. The van der Waals surface area contributed by atoms with E-state index in [1.807, 2.05) is 125 Å². The first-order chi connectivity index (χ1) is 39.2. The molecule has 0 aliphatic heterocycles. The number of benzene rings is 2. The van der Waals surface area contributed by atoms with E-state index in [0.717, 1.165) is 82.3 Å². The molecule has 0 saturated heterocycles. The minimum Gasteiger partial charge on any atom is -0.467 e. The van der Waals surface area contributed by atoms with Crippen LogP contribution < -0.4 is 15.4 Å². The average Bonchev–Trinajstić information content (AvgIpc) is 4.16. The highest BCUT2D eigenvalue weighted by Crippen LogP contribution is 2.40. The molecule has 2 heterocycles. The molecule has 2 aliphatic rings. The Labute approximate surface area is 493 Å². The summed E-state index contributed by atoms with van der Waals surface area (Å²) >= 11 is 0. The van der Waals surface area contributed by atoms with Gasteiger partial charge in [-0.2, -0.15) is 0 Å². The lowest BCUT2D eigenvalue weighted by Gasteiger charge is -2.24. The lowest BCUT2D eigenvalue weighted by molar-refractivity contribution is -0.131. The van der Waals surface area contributed by atoms with Crippen molar-refractivity contribution >= 4 is 46.8 Å². The summed E-state index contributed by atoms with van der Waals surface area (Å²) in [5.74, 6) is 2.94. The quantitative estimate of drug-likeness (QED) is 0.0235. The van der Waals surface area contributed by atoms with E-state index in [1.54, 1.807) is 32.3 Å². The van der Waals surface area contributed by atoms with Crippen LogP contribution in [0.4, 0.5) is 4.79 Å². The summed E-state index contributed by atoms with van der Waals surface area (Å²) < 4.78 is 17.1. The lowest BCUT2D eigenvalue weighted by atomic mass is 9.84. The average molecular weight is 1140 g/mol. The molecule has 2 saturated carbocycles. The second-order valence-corrected chi connectivity index (χ2v) is 22.1. The molecule has 6 rings (SSSR count). The highest BCUT2D eigenvalue weighted by Gasteiger charge is 2.31. The van der Waals surface area contributed by atoms with Crippen LogP contribution in [-0.2, 0) is 46.3 Å². The number of fused-ring (bicyclic) bond motifs is 1. The molecule has 458 valence electrons. The molecule has 15 heteroatoms. The van der Waals surface area contributed by atoms with Crippen LogP contribution >= 0.6 is 0 Å². The Morgan fingerprint density at radius 3 is 2.10 bits per heavy atom. The number of carbonyl (C=O) groups is 5. The first-order valence-electron chi connectivity index (χ1n) is 30.3. The molecule has 0 bridgehead atoms. The van der Waals surface area contributed by atoms with Crippen molar-refractivity contribution in [2.75, 3.05) is 54.5 Å². The number of amides is 3. The number of ketones is 2. The monoisotopic (exact) mass is 1140 g/mol. The number of hydrogen-bond acceptors (Lipinski definition) is 11. The maximum atomic E-state index is 13.4. The Balaban J connectivity index is 0.00000103. The van der Waals surface area contributed by atoms with E-state index in [1.165, 1.54) is 57.4 Å². The minimum absolute atomic E-state index is 0.0145. The van der Waals surface area contributed by atoms with E-state index in [-0.39, 0.29) is 66.8 Å². The summed E-state index contributed by atoms with van der Waals surface area (Å²) in [4.78, 5) is 83.4. The third-order valence-corrected chi connectivity index (χ3v) is 14.2. The van der Waals surface area contributed by atoms with Gasteiger partial charge >= 0.3 is 6.03 Å². The van der Waals surface area contributed by atoms with Crippen LogP contribution in [0.3, 0.4) is 0 Å². The third kappa shape index (κ3) is 24.7. The number of allylic oxidation sites excluding steroid dienone is 1. The van der Waals surface area contributed by atoms with Gasteiger partial charge in [-0.3, -0.25) is 24.2 Å². The fraction of sp³-hybridized carbons (Fsp3) is 0.612. The molecule has 2 fully saturated rings. The maximum absolute atomic E-state index is 13.4. The smallest absolute Gasteiger partial charge is 0.319 e. The highest BCUT2D eigenvalue weighted by molar-refractivity contribution is 5.94. The van der Waals surface area contributed by atoms with Crippen LogP contribution in [0.5, 0.6) is 5.75 Å². The topological polar surface area (TPSA) is 189 Å². The van der Waals surface area contributed by atoms with E-state index >= 15 is 0 Å². The Hall–Kier alpha value is -6.15. The van der Waals surface area contributed by atoms with Gasteiger partial charge in [-0.05, 0) is 150 Å². The SMILES string of the molecule is CC.CC.CC.CC(=O)CN(C)C(=O)N(C)CC1CC1.CCCCCNC.COC(C)c1ncccc1-c1[nH]c2ccc(-c3cc(CC(NC(=O)C(C)C4CCCC4)C(C)=O)cc(OC(=C=O)C(C)C)c3)cc2c1CC(C)(C)COC=O. The van der Waals surface area contributed by atoms with Crippen LogP contribution in [0, 0.1) is 29.1 Å². The predicted octanol–water partition coefficient (Wildman–Crippen LogP) is 14.0. The van der Waals surface area contributed by atoms with Crippen molar-refractivity contribution in [3.63, 3.8) is 0 Å². The van der Waals surface area contributed by atoms with E-state index in [0.29, 0.717) is 30.5 Å². The van der Waals surface area contributed by atoms with Crippen LogP contribution in [0.25, 0.3) is 33.3 Å². The summed E-state index contributed by atoms with van der Waals surface area (Å²) in [5, 5.41) is 7.13. The number of H-pyrrole nitrogens is 1. The molecule has 2 aromatic carbocycles. The van der Waals surface area contributed by atoms with E-state index in [2.05, 4.69) is 47.4 Å². The number of likely N-dealkylation sites (N-methyl/N-ethyl adjacent to an activating group) is 1. The van der Waals surface area contributed by atoms with Crippen LogP contribution in [0.15, 0.2) is 60.5 Å². The first kappa shape index (κ1) is 73.9. The van der Waals surface area contributed by atoms with Gasteiger partial charge in [0.05, 0.1) is 36.7 Å². The van der Waals surface area contributed by atoms with Gasteiger partial charge in [-0.1, -0.05) is 121 Å². The van der Waals surface area contributed by atoms with E-state index < -0.39 is 11.5 Å². The van der Waals surface area contributed by atoms with Gasteiger partial charge in [0.1, 0.15) is 11.5 Å². The predicted molar refractivity (Wildman–Crippen MR) is 336 cm³/mol. The van der Waals surface area contributed by atoms with Crippen molar-refractivity contribution in [1.29, 1.82) is 0 Å². The number of methoxy groups -OCH3 is 1. The molecular weight excluding hydrogens is 1030 g/mol. The molecule has 0 spiro atoms. The standard InChI is InChI=1S/C45H55N3O7.C10H18N2O2.C6H15N.3C2H6/c1-27(2)41(24-49)55-35-19-31(20-40(29(4)51)48-44(52)28(3)32-12-9-10-13-32)18-34(21-35)33-15-16-39-37(22-33)38(23-45(6,7)25-54-26-50)43(47-39)36-14-11-17-46-42(36)30(5)53-8;1-8(13)6-11(2)10(14)12(3)7-9-4-5-9;1-3-4-5-6-7-2;3*1-2/h11,14-19,21-22,26-28,30,32,40,47H,9-10,12-13,20,23,25H2,1-8H3,(H,48,52);9H,4-7H2,1-3H3;7H,3-6H2,1-2H3;3*1-2H3. The summed E-state index contributed by atoms with van der Waals surface area (Å²) in [6.07, 6.45) is 13.1. The van der Waals surface area contributed by atoms with Crippen molar-refractivity contribution in [3.8, 4) is 28.1 Å². The first-order valence-corrected chi connectivity index (χ1v) is 30.3. The molecule has 0 radical (unpaired) electrons. The summed E-state index contributed by atoms with van der Waals surface area (Å²) in [6.45, 7) is 31.9. The van der Waals surface area contributed by atoms with E-state index in [4.69, 9.17) is 14.2 Å². The molecule has 82 heavy (non-hydrogen) atoms. The Morgan fingerprint density at radius 1 is 0.890 bits per heavy atom. The number of aromatic nitrogens is 2. The van der Waals surface area contributed by atoms with Gasteiger partial charge in [0.25, 0.3) is 6.47 Å². The van der Waals surface area contributed by atoms with Crippen molar-refractivity contribution in [2.24, 2.45) is 29.1 Å². The number of hydrogen-bond donors (Lipinski definition) is 3. The van der Waals surface area contributed by atoms with Crippen molar-refractivity contribution in [3.05, 3.63) is 77.3 Å². The number of ether oxygens (including phenoxy) is 3. The maximum Gasteiger partial charge on any atom is 0.319 e. The third-order valence-electron chi connectivity index (χ3n) is 14.2. The zero-order valence-corrected chi connectivity index (χ0v) is 53.9. The Bertz CT molecular complexity index is 2590. The second kappa shape index (κ2) is 39.4. The summed E-state index contributed by atoms with van der Waals surface area (Å²) in [7, 11) is 7.10. The number of Topliss-reactive ketones (excluding diaryl/α,β-unsaturated/α-hetero) is 2. The molecule has 2 aliphatic carbocycles. The fourth-order valence-electron chi connectivity index (χ4n) is 9.60. The number of aromatic amines is 1. The van der Waals surface area contributed by atoms with Gasteiger partial charge < -0.3 is 39.6 Å². The van der Waals surface area contributed by atoms with Crippen molar-refractivity contribution in [2.45, 2.75) is 187 Å². The molecular formula is C67H106N6O9. The van der Waals surface area contributed by atoms with Gasteiger partial charge in [0.15, 0.2) is 17.5 Å². The largest absolute Gasteiger partial charge is 0.467 e. The number of urea groups is 1. The number of unbranched alkanes of at least 4 members (excludes halogenated alkanes) is 2. The van der Waals surface area contributed by atoms with Gasteiger partial charge in [0, 0.05) is 67.7 Å². The Morgan fingerprint density at radius 2 is 1.55 bits per heavy atom.